The lowest BCUT2D eigenvalue weighted by atomic mass is 10.1. The molecule has 0 aromatic heterocycles. The van der Waals surface area contributed by atoms with Gasteiger partial charge in [0.15, 0.2) is 0 Å². The van der Waals surface area contributed by atoms with Crippen molar-refractivity contribution in [3.8, 4) is 5.75 Å². The van der Waals surface area contributed by atoms with Crippen LogP contribution in [0.3, 0.4) is 0 Å². The lowest BCUT2D eigenvalue weighted by Gasteiger charge is -2.33. The molecule has 8 nitrogen and oxygen atoms in total. The second kappa shape index (κ2) is 14.2. The molecule has 0 spiro atoms. The van der Waals surface area contributed by atoms with E-state index < -0.39 is 28.5 Å². The molecule has 0 aliphatic rings. The number of carbonyl (C=O) groups is 2. The highest BCUT2D eigenvalue weighted by Gasteiger charge is 2.33. The quantitative estimate of drug-likeness (QED) is 0.298. The molecule has 2 amide bonds. The Morgan fingerprint density at radius 3 is 2.25 bits per heavy atom. The number of methoxy groups -OCH3 is 1. The zero-order valence-corrected chi connectivity index (χ0v) is 24.8. The molecule has 1 N–H and O–H groups in total. The number of nitrogens with zero attached hydrogens (tertiary/aromatic N) is 2. The van der Waals surface area contributed by atoms with E-state index in [1.165, 1.54) is 23.1 Å². The zero-order chi connectivity index (χ0) is 29.3. The standard InChI is InChI=1S/C30H36ClN3O5S/c1-5-18-32-30(36)28(6-2)33(20-23-12-14-26(39-4)15-13-23)29(35)21-34(25-9-7-8-24(31)19-25)40(37,38)27-16-10-22(3)11-17-27/h7-17,19,28H,5-6,18,20-21H2,1-4H3,(H,32,36). The lowest BCUT2D eigenvalue weighted by molar-refractivity contribution is -0.140. The Kier molecular flexibility index (Phi) is 11.0. The average Bonchev–Trinajstić information content (AvgIpc) is 2.95. The number of hydrogen-bond acceptors (Lipinski definition) is 5. The molecule has 0 saturated carbocycles. The average molecular weight is 586 g/mol. The van der Waals surface area contributed by atoms with Gasteiger partial charge in [-0.05, 0) is 67.8 Å². The molecule has 40 heavy (non-hydrogen) atoms. The van der Waals surface area contributed by atoms with Crippen molar-refractivity contribution in [1.29, 1.82) is 0 Å². The number of hydrogen-bond donors (Lipinski definition) is 1. The smallest absolute Gasteiger partial charge is 0.264 e. The van der Waals surface area contributed by atoms with Crippen LogP contribution in [0.5, 0.6) is 5.75 Å². The maximum Gasteiger partial charge on any atom is 0.264 e. The summed E-state index contributed by atoms with van der Waals surface area (Å²) in [5.41, 5.74) is 1.92. The Morgan fingerprint density at radius 1 is 1.00 bits per heavy atom. The minimum absolute atomic E-state index is 0.0420. The number of aryl methyl sites for hydroxylation is 1. The van der Waals surface area contributed by atoms with Crippen LogP contribution >= 0.6 is 11.6 Å². The van der Waals surface area contributed by atoms with Crippen LogP contribution in [0.2, 0.25) is 5.02 Å². The number of rotatable bonds is 13. The van der Waals surface area contributed by atoms with Gasteiger partial charge >= 0.3 is 0 Å². The number of anilines is 1. The van der Waals surface area contributed by atoms with E-state index in [1.54, 1.807) is 49.6 Å². The Labute approximate surface area is 241 Å². The van der Waals surface area contributed by atoms with Crippen molar-refractivity contribution in [3.05, 3.63) is 88.9 Å². The Balaban J connectivity index is 2.04. The van der Waals surface area contributed by atoms with Crippen LogP contribution in [0.25, 0.3) is 0 Å². The van der Waals surface area contributed by atoms with E-state index in [0.717, 1.165) is 21.9 Å². The summed E-state index contributed by atoms with van der Waals surface area (Å²) in [7, 11) is -2.59. The summed E-state index contributed by atoms with van der Waals surface area (Å²) in [5, 5.41) is 3.20. The second-order valence-corrected chi connectivity index (χ2v) is 11.7. The molecule has 0 saturated heterocycles. The predicted octanol–water partition coefficient (Wildman–Crippen LogP) is 5.19. The summed E-state index contributed by atoms with van der Waals surface area (Å²) in [6, 6.07) is 19.1. The molecule has 1 atom stereocenters. The lowest BCUT2D eigenvalue weighted by Crippen LogP contribution is -2.52. The van der Waals surface area contributed by atoms with Crippen molar-refractivity contribution in [1.82, 2.24) is 10.2 Å². The minimum Gasteiger partial charge on any atom is -0.497 e. The van der Waals surface area contributed by atoms with Crippen LogP contribution in [-0.2, 0) is 26.2 Å². The van der Waals surface area contributed by atoms with Gasteiger partial charge in [-0.2, -0.15) is 0 Å². The number of carbonyl (C=O) groups excluding carboxylic acids is 2. The van der Waals surface area contributed by atoms with E-state index >= 15 is 0 Å². The van der Waals surface area contributed by atoms with Crippen LogP contribution in [0, 0.1) is 6.92 Å². The fraction of sp³-hybridized carbons (Fsp3) is 0.333. The molecule has 3 aromatic rings. The van der Waals surface area contributed by atoms with Crippen molar-refractivity contribution in [3.63, 3.8) is 0 Å². The van der Waals surface area contributed by atoms with Gasteiger partial charge in [-0.15, -0.1) is 0 Å². The van der Waals surface area contributed by atoms with Gasteiger partial charge < -0.3 is 15.0 Å². The number of halogens is 1. The SMILES string of the molecule is CCCNC(=O)C(CC)N(Cc1ccc(OC)cc1)C(=O)CN(c1cccc(Cl)c1)S(=O)(=O)c1ccc(C)cc1. The number of sulfonamides is 1. The maximum atomic E-state index is 14.0. The van der Waals surface area contributed by atoms with Crippen LogP contribution < -0.4 is 14.4 Å². The van der Waals surface area contributed by atoms with E-state index in [0.29, 0.717) is 23.7 Å². The third kappa shape index (κ3) is 7.76. The molecule has 0 fully saturated rings. The summed E-state index contributed by atoms with van der Waals surface area (Å²) in [6.45, 7) is 5.68. The molecule has 3 aromatic carbocycles. The Bertz CT molecular complexity index is 1400. The summed E-state index contributed by atoms with van der Waals surface area (Å²) in [4.78, 5) is 28.7. The molecule has 3 rings (SSSR count). The number of nitrogens with one attached hydrogen (secondary N) is 1. The first kappa shape index (κ1) is 31.0. The van der Waals surface area contributed by atoms with E-state index in [-0.39, 0.29) is 23.0 Å². The number of ether oxygens (including phenoxy) is 1. The number of amides is 2. The van der Waals surface area contributed by atoms with E-state index in [2.05, 4.69) is 5.32 Å². The molecule has 1 unspecified atom stereocenters. The molecule has 0 aliphatic carbocycles. The molecule has 0 bridgehead atoms. The Hall–Kier alpha value is -3.56. The fourth-order valence-electron chi connectivity index (χ4n) is 4.21. The van der Waals surface area contributed by atoms with Crippen molar-refractivity contribution >= 4 is 39.1 Å². The third-order valence-corrected chi connectivity index (χ3v) is 8.45. The van der Waals surface area contributed by atoms with Gasteiger partial charge in [-0.1, -0.05) is 61.3 Å². The zero-order valence-electron chi connectivity index (χ0n) is 23.3. The summed E-state index contributed by atoms with van der Waals surface area (Å²) >= 11 is 6.22. The molecule has 0 aliphatic heterocycles. The molecular formula is C30H36ClN3O5S. The van der Waals surface area contributed by atoms with Gasteiger partial charge in [0.25, 0.3) is 10.0 Å². The van der Waals surface area contributed by atoms with E-state index in [9.17, 15) is 18.0 Å². The van der Waals surface area contributed by atoms with Gasteiger partial charge in [-0.3, -0.25) is 13.9 Å². The molecule has 0 heterocycles. The van der Waals surface area contributed by atoms with Crippen molar-refractivity contribution in [2.45, 2.75) is 51.1 Å². The summed E-state index contributed by atoms with van der Waals surface area (Å²) in [6.07, 6.45) is 1.09. The first-order valence-corrected chi connectivity index (χ1v) is 15.0. The van der Waals surface area contributed by atoms with Crippen LogP contribution in [0.15, 0.2) is 77.7 Å². The number of benzene rings is 3. The third-order valence-electron chi connectivity index (χ3n) is 6.43. The first-order valence-electron chi connectivity index (χ1n) is 13.2. The van der Waals surface area contributed by atoms with Gasteiger partial charge in [0, 0.05) is 18.1 Å². The van der Waals surface area contributed by atoms with Gasteiger partial charge in [-0.25, -0.2) is 8.42 Å². The molecular weight excluding hydrogens is 550 g/mol. The van der Waals surface area contributed by atoms with Gasteiger partial charge in [0.2, 0.25) is 11.8 Å². The normalized spacial score (nSPS) is 11.9. The van der Waals surface area contributed by atoms with E-state index in [4.69, 9.17) is 16.3 Å². The maximum absolute atomic E-state index is 14.0. The van der Waals surface area contributed by atoms with Crippen molar-refractivity contribution in [2.24, 2.45) is 0 Å². The Morgan fingerprint density at radius 2 is 1.68 bits per heavy atom. The topological polar surface area (TPSA) is 96.0 Å². The second-order valence-electron chi connectivity index (χ2n) is 9.39. The van der Waals surface area contributed by atoms with Crippen LogP contribution in [0.4, 0.5) is 5.69 Å². The van der Waals surface area contributed by atoms with Gasteiger partial charge in [0.1, 0.15) is 18.3 Å². The van der Waals surface area contributed by atoms with Crippen LogP contribution in [-0.4, -0.2) is 51.4 Å². The summed E-state index contributed by atoms with van der Waals surface area (Å²) < 4.78 is 34.0. The van der Waals surface area contributed by atoms with Crippen LogP contribution in [0.1, 0.15) is 37.8 Å². The highest BCUT2D eigenvalue weighted by Crippen LogP contribution is 2.27. The minimum atomic E-state index is -4.15. The molecule has 10 heteroatoms. The van der Waals surface area contributed by atoms with E-state index in [1.807, 2.05) is 32.9 Å². The van der Waals surface area contributed by atoms with Gasteiger partial charge in [0.05, 0.1) is 17.7 Å². The highest BCUT2D eigenvalue weighted by molar-refractivity contribution is 7.92. The predicted molar refractivity (Wildman–Crippen MR) is 158 cm³/mol. The summed E-state index contributed by atoms with van der Waals surface area (Å²) in [5.74, 6) is -0.155. The van der Waals surface area contributed by atoms with Crippen molar-refractivity contribution < 1.29 is 22.7 Å². The largest absolute Gasteiger partial charge is 0.497 e. The fourth-order valence-corrected chi connectivity index (χ4v) is 5.80. The molecule has 0 radical (unpaired) electrons. The highest BCUT2D eigenvalue weighted by atomic mass is 35.5. The monoisotopic (exact) mass is 585 g/mol. The first-order chi connectivity index (χ1) is 19.1. The molecule has 214 valence electrons. The van der Waals surface area contributed by atoms with Crippen molar-refractivity contribution in [2.75, 3.05) is 24.5 Å².